The number of nitrogens with two attached hydrogens (primary N) is 1. The summed E-state index contributed by atoms with van der Waals surface area (Å²) < 4.78 is 12.8. The standard InChI is InChI=1S/C17H21FN3O/c18-15-8-6-14(7-9-15)11-21(20)12-17(22)16(19)10-13-4-2-1-3-5-13/h1-9,16-17,20,22H,10-12,19H2/q-1/t16?,17-/m0/s1. The van der Waals surface area contributed by atoms with Gasteiger partial charge in [-0.15, -0.1) is 0 Å². The number of rotatable bonds is 7. The van der Waals surface area contributed by atoms with Gasteiger partial charge in [-0.25, -0.2) is 4.39 Å². The zero-order valence-electron chi connectivity index (χ0n) is 12.3. The molecule has 0 amide bonds. The van der Waals surface area contributed by atoms with E-state index in [0.29, 0.717) is 13.0 Å². The number of benzene rings is 2. The minimum absolute atomic E-state index is 0.144. The molecule has 0 aliphatic heterocycles. The van der Waals surface area contributed by atoms with Gasteiger partial charge < -0.3 is 21.7 Å². The highest BCUT2D eigenvalue weighted by Crippen LogP contribution is 2.09. The topological polar surface area (TPSA) is 73.3 Å². The second-order valence-corrected chi connectivity index (χ2v) is 5.43. The smallest absolute Gasteiger partial charge is 0.123 e. The molecule has 2 aromatic carbocycles. The van der Waals surface area contributed by atoms with Crippen LogP contribution < -0.4 is 5.73 Å². The molecule has 22 heavy (non-hydrogen) atoms. The Balaban J connectivity index is 1.82. The molecule has 2 rings (SSSR count). The maximum Gasteiger partial charge on any atom is 0.123 e. The fourth-order valence-corrected chi connectivity index (χ4v) is 2.26. The molecule has 2 aromatic rings. The highest BCUT2D eigenvalue weighted by Gasteiger charge is 2.15. The molecule has 0 aliphatic rings. The van der Waals surface area contributed by atoms with Crippen LogP contribution in [0.25, 0.3) is 5.84 Å². The molecule has 0 aromatic heterocycles. The fraction of sp³-hybridized carbons (Fsp3) is 0.294. The highest BCUT2D eigenvalue weighted by molar-refractivity contribution is 5.17. The summed E-state index contributed by atoms with van der Waals surface area (Å²) in [5.41, 5.74) is 7.88. The van der Waals surface area contributed by atoms with Gasteiger partial charge in [0.15, 0.2) is 0 Å². The molecule has 4 N–H and O–H groups in total. The minimum Gasteiger partial charge on any atom is -0.609 e. The zero-order valence-corrected chi connectivity index (χ0v) is 12.3. The number of aliphatic hydroxyl groups is 1. The number of nitrogens with zero attached hydrogens (tertiary/aromatic N) is 1. The number of halogens is 1. The lowest BCUT2D eigenvalue weighted by Crippen LogP contribution is -2.42. The van der Waals surface area contributed by atoms with Gasteiger partial charge in [0.25, 0.3) is 0 Å². The van der Waals surface area contributed by atoms with Crippen LogP contribution in [0.4, 0.5) is 4.39 Å². The molecule has 2 atom stereocenters. The molecule has 5 heteroatoms. The van der Waals surface area contributed by atoms with Crippen molar-refractivity contribution in [2.24, 2.45) is 5.73 Å². The van der Waals surface area contributed by atoms with Crippen molar-refractivity contribution in [2.45, 2.75) is 25.1 Å². The first-order chi connectivity index (χ1) is 10.5. The van der Waals surface area contributed by atoms with E-state index < -0.39 is 12.1 Å². The van der Waals surface area contributed by atoms with Crippen LogP contribution in [0.15, 0.2) is 54.6 Å². The molecule has 1 unspecified atom stereocenters. The Morgan fingerprint density at radius 3 is 2.32 bits per heavy atom. The summed E-state index contributed by atoms with van der Waals surface area (Å²) >= 11 is 0. The normalized spacial score (nSPS) is 14.0. The van der Waals surface area contributed by atoms with Crippen LogP contribution in [0.5, 0.6) is 0 Å². The molecule has 4 nitrogen and oxygen atoms in total. The molecular weight excluding hydrogens is 281 g/mol. The molecule has 0 fully saturated rings. The first-order valence-corrected chi connectivity index (χ1v) is 7.23. The van der Waals surface area contributed by atoms with Gasteiger partial charge >= 0.3 is 0 Å². The Labute approximate surface area is 130 Å². The first-order valence-electron chi connectivity index (χ1n) is 7.23. The van der Waals surface area contributed by atoms with Crippen molar-refractivity contribution in [3.8, 4) is 0 Å². The third kappa shape index (κ3) is 5.20. The Hall–Kier alpha value is -1.79. The van der Waals surface area contributed by atoms with E-state index in [2.05, 4.69) is 0 Å². The number of hydrogen-bond acceptors (Lipinski definition) is 3. The average Bonchev–Trinajstić information content (AvgIpc) is 2.50. The number of hydrogen-bond donors (Lipinski definition) is 2. The van der Waals surface area contributed by atoms with E-state index in [1.807, 2.05) is 30.3 Å². The molecule has 118 valence electrons. The monoisotopic (exact) mass is 302 g/mol. The van der Waals surface area contributed by atoms with Gasteiger partial charge in [-0.1, -0.05) is 42.5 Å². The van der Waals surface area contributed by atoms with Crippen molar-refractivity contribution in [1.29, 1.82) is 0 Å². The summed E-state index contributed by atoms with van der Waals surface area (Å²) in [5.74, 6) is 7.59. The van der Waals surface area contributed by atoms with Crippen molar-refractivity contribution in [3.05, 3.63) is 77.4 Å². The summed E-state index contributed by atoms with van der Waals surface area (Å²) in [6.07, 6.45) is -0.231. The lowest BCUT2D eigenvalue weighted by molar-refractivity contribution is 0.107. The molecule has 0 saturated heterocycles. The summed E-state index contributed by atoms with van der Waals surface area (Å²) in [5, 5.41) is 11.4. The van der Waals surface area contributed by atoms with Crippen molar-refractivity contribution in [2.75, 3.05) is 6.54 Å². The molecule has 0 saturated carbocycles. The van der Waals surface area contributed by atoms with Crippen molar-refractivity contribution < 1.29 is 9.50 Å². The van der Waals surface area contributed by atoms with Gasteiger partial charge in [0.05, 0.1) is 6.10 Å². The zero-order chi connectivity index (χ0) is 15.9. The van der Waals surface area contributed by atoms with Gasteiger partial charge in [0, 0.05) is 19.1 Å². The van der Waals surface area contributed by atoms with Crippen LogP contribution in [0.3, 0.4) is 0 Å². The van der Waals surface area contributed by atoms with Crippen LogP contribution in [0.1, 0.15) is 11.1 Å². The van der Waals surface area contributed by atoms with Crippen LogP contribution in [0, 0.1) is 5.82 Å². The van der Waals surface area contributed by atoms with E-state index in [1.54, 1.807) is 12.1 Å². The summed E-state index contributed by atoms with van der Waals surface area (Å²) in [6.45, 7) is 0.459. The molecule has 0 aliphatic carbocycles. The Morgan fingerprint density at radius 1 is 1.05 bits per heavy atom. The third-order valence-electron chi connectivity index (χ3n) is 3.50. The predicted molar refractivity (Wildman–Crippen MR) is 85.3 cm³/mol. The van der Waals surface area contributed by atoms with E-state index in [4.69, 9.17) is 11.6 Å². The Bertz CT molecular complexity index is 562. The molecule has 0 bridgehead atoms. The second kappa shape index (κ2) is 8.00. The van der Waals surface area contributed by atoms with Gasteiger partial charge in [0.2, 0.25) is 0 Å². The Kier molecular flexibility index (Phi) is 6.03. The fourth-order valence-electron chi connectivity index (χ4n) is 2.26. The van der Waals surface area contributed by atoms with Gasteiger partial charge in [-0.3, -0.25) is 0 Å². The van der Waals surface area contributed by atoms with E-state index in [0.717, 1.165) is 11.1 Å². The third-order valence-corrected chi connectivity index (χ3v) is 3.50. The quantitative estimate of drug-likeness (QED) is 0.772. The van der Waals surface area contributed by atoms with Crippen molar-refractivity contribution >= 4 is 0 Å². The number of aliphatic hydroxyl groups excluding tert-OH is 1. The average molecular weight is 302 g/mol. The van der Waals surface area contributed by atoms with Crippen LogP contribution in [-0.4, -0.2) is 28.8 Å². The van der Waals surface area contributed by atoms with E-state index >= 15 is 0 Å². The van der Waals surface area contributed by atoms with E-state index in [-0.39, 0.29) is 12.4 Å². The van der Waals surface area contributed by atoms with Crippen molar-refractivity contribution in [1.82, 2.24) is 5.01 Å². The van der Waals surface area contributed by atoms with Gasteiger partial charge in [-0.05, 0) is 29.7 Å². The molecule has 0 heterocycles. The molecule has 0 spiro atoms. The highest BCUT2D eigenvalue weighted by atomic mass is 19.1. The predicted octanol–water partition coefficient (Wildman–Crippen LogP) is 2.53. The van der Waals surface area contributed by atoms with Gasteiger partial charge in [-0.2, -0.15) is 0 Å². The lowest BCUT2D eigenvalue weighted by Gasteiger charge is -2.31. The SMILES string of the molecule is [NH-]N(Cc1ccc(F)cc1)C[C@H](O)C(N)Cc1ccccc1. The van der Waals surface area contributed by atoms with Crippen LogP contribution in [0.2, 0.25) is 0 Å². The second-order valence-electron chi connectivity index (χ2n) is 5.43. The maximum absolute atomic E-state index is 12.8. The van der Waals surface area contributed by atoms with E-state index in [9.17, 15) is 9.50 Å². The van der Waals surface area contributed by atoms with E-state index in [1.165, 1.54) is 17.1 Å². The van der Waals surface area contributed by atoms with Gasteiger partial charge in [0.1, 0.15) is 5.82 Å². The minimum atomic E-state index is -0.793. The summed E-state index contributed by atoms with van der Waals surface area (Å²) in [6, 6.07) is 15.3. The lowest BCUT2D eigenvalue weighted by atomic mass is 10.0. The number of nitrogens with one attached hydrogen (secondary N) is 1. The first kappa shape index (κ1) is 16.6. The summed E-state index contributed by atoms with van der Waals surface area (Å²) in [7, 11) is 0. The maximum atomic E-state index is 12.8. The molecule has 0 radical (unpaired) electrons. The molecular formula is C17H21FN3O-. The van der Waals surface area contributed by atoms with Crippen molar-refractivity contribution in [3.63, 3.8) is 0 Å². The Morgan fingerprint density at radius 2 is 1.68 bits per heavy atom. The summed E-state index contributed by atoms with van der Waals surface area (Å²) in [4.78, 5) is 0. The largest absolute Gasteiger partial charge is 0.609 e. The van der Waals surface area contributed by atoms with Crippen LogP contribution >= 0.6 is 0 Å². The van der Waals surface area contributed by atoms with Crippen LogP contribution in [-0.2, 0) is 13.0 Å².